The zero-order chi connectivity index (χ0) is 14.5. The Morgan fingerprint density at radius 1 is 1.10 bits per heavy atom. The van der Waals surface area contributed by atoms with Gasteiger partial charge < -0.3 is 10.5 Å². The second-order valence-corrected chi connectivity index (χ2v) is 5.53. The number of ether oxygens (including phenoxy) is 1. The highest BCUT2D eigenvalue weighted by molar-refractivity contribution is 5.69. The van der Waals surface area contributed by atoms with E-state index in [0.717, 1.165) is 17.7 Å². The van der Waals surface area contributed by atoms with Crippen LogP contribution in [0.1, 0.15) is 25.0 Å². The standard InChI is InChI=1S/C18H23NO/c1-13(2)9-14-5-4-6-15(10-14)18-8-7-17(20-3)11-16(18)12-19/h4-8,10-11,13H,9,12,19H2,1-3H3. The summed E-state index contributed by atoms with van der Waals surface area (Å²) in [5.74, 6) is 1.52. The van der Waals surface area contributed by atoms with Crippen LogP contribution >= 0.6 is 0 Å². The largest absolute Gasteiger partial charge is 0.497 e. The molecule has 0 aromatic heterocycles. The van der Waals surface area contributed by atoms with Crippen LogP contribution in [0, 0.1) is 5.92 Å². The highest BCUT2D eigenvalue weighted by Crippen LogP contribution is 2.28. The van der Waals surface area contributed by atoms with E-state index in [4.69, 9.17) is 10.5 Å². The van der Waals surface area contributed by atoms with Crippen molar-refractivity contribution < 1.29 is 4.74 Å². The molecule has 0 aliphatic carbocycles. The lowest BCUT2D eigenvalue weighted by molar-refractivity contribution is 0.414. The first kappa shape index (κ1) is 14.6. The summed E-state index contributed by atoms with van der Waals surface area (Å²) in [5, 5.41) is 0. The lowest BCUT2D eigenvalue weighted by Gasteiger charge is -2.12. The van der Waals surface area contributed by atoms with Crippen LogP contribution < -0.4 is 10.5 Å². The lowest BCUT2D eigenvalue weighted by atomic mass is 9.95. The minimum absolute atomic E-state index is 0.515. The molecule has 0 fully saturated rings. The highest BCUT2D eigenvalue weighted by Gasteiger charge is 2.07. The van der Waals surface area contributed by atoms with Gasteiger partial charge in [-0.3, -0.25) is 0 Å². The molecule has 0 amide bonds. The van der Waals surface area contributed by atoms with Gasteiger partial charge >= 0.3 is 0 Å². The predicted molar refractivity (Wildman–Crippen MR) is 84.9 cm³/mol. The fourth-order valence-electron chi connectivity index (χ4n) is 2.48. The number of hydrogen-bond acceptors (Lipinski definition) is 2. The third kappa shape index (κ3) is 3.40. The third-order valence-corrected chi connectivity index (χ3v) is 3.41. The van der Waals surface area contributed by atoms with E-state index in [2.05, 4.69) is 44.2 Å². The Labute approximate surface area is 121 Å². The van der Waals surface area contributed by atoms with Crippen LogP contribution in [0.15, 0.2) is 42.5 Å². The molecule has 2 aromatic rings. The minimum atomic E-state index is 0.515. The number of hydrogen-bond donors (Lipinski definition) is 1. The average molecular weight is 269 g/mol. The van der Waals surface area contributed by atoms with Crippen molar-refractivity contribution in [3.63, 3.8) is 0 Å². The Hall–Kier alpha value is -1.80. The van der Waals surface area contributed by atoms with E-state index >= 15 is 0 Å². The van der Waals surface area contributed by atoms with E-state index in [1.54, 1.807) is 7.11 Å². The summed E-state index contributed by atoms with van der Waals surface area (Å²) in [6.45, 7) is 5.00. The van der Waals surface area contributed by atoms with Crippen molar-refractivity contribution in [1.29, 1.82) is 0 Å². The summed E-state index contributed by atoms with van der Waals surface area (Å²) >= 11 is 0. The minimum Gasteiger partial charge on any atom is -0.497 e. The average Bonchev–Trinajstić information content (AvgIpc) is 2.46. The van der Waals surface area contributed by atoms with Gasteiger partial charge in [0.15, 0.2) is 0 Å². The molecule has 0 unspecified atom stereocenters. The van der Waals surface area contributed by atoms with Crippen molar-refractivity contribution in [2.45, 2.75) is 26.8 Å². The van der Waals surface area contributed by atoms with Crippen LogP contribution in [0.5, 0.6) is 5.75 Å². The first-order valence-electron chi connectivity index (χ1n) is 7.10. The molecule has 20 heavy (non-hydrogen) atoms. The summed E-state index contributed by atoms with van der Waals surface area (Å²) in [6, 6.07) is 14.8. The molecule has 0 heterocycles. The molecule has 0 radical (unpaired) electrons. The van der Waals surface area contributed by atoms with Crippen molar-refractivity contribution in [3.8, 4) is 16.9 Å². The summed E-state index contributed by atoms with van der Waals surface area (Å²) in [7, 11) is 1.68. The smallest absolute Gasteiger partial charge is 0.119 e. The second kappa shape index (κ2) is 6.58. The zero-order valence-electron chi connectivity index (χ0n) is 12.5. The summed E-state index contributed by atoms with van der Waals surface area (Å²) in [6.07, 6.45) is 1.10. The van der Waals surface area contributed by atoms with Gasteiger partial charge in [0, 0.05) is 6.54 Å². The van der Waals surface area contributed by atoms with Gasteiger partial charge in [0.2, 0.25) is 0 Å². The first-order chi connectivity index (χ1) is 9.63. The van der Waals surface area contributed by atoms with Crippen molar-refractivity contribution in [3.05, 3.63) is 53.6 Å². The van der Waals surface area contributed by atoms with Crippen LogP contribution in [0.2, 0.25) is 0 Å². The molecule has 0 spiro atoms. The maximum atomic E-state index is 5.87. The van der Waals surface area contributed by atoms with E-state index in [9.17, 15) is 0 Å². The van der Waals surface area contributed by atoms with Crippen LogP contribution in [-0.4, -0.2) is 7.11 Å². The molecular weight excluding hydrogens is 246 g/mol. The maximum absolute atomic E-state index is 5.87. The van der Waals surface area contributed by atoms with Crippen molar-refractivity contribution in [1.82, 2.24) is 0 Å². The second-order valence-electron chi connectivity index (χ2n) is 5.53. The van der Waals surface area contributed by atoms with Gasteiger partial charge in [-0.15, -0.1) is 0 Å². The first-order valence-corrected chi connectivity index (χ1v) is 7.10. The predicted octanol–water partition coefficient (Wildman–Crippen LogP) is 4.02. The van der Waals surface area contributed by atoms with Gasteiger partial charge in [0.25, 0.3) is 0 Å². The quantitative estimate of drug-likeness (QED) is 0.889. The molecule has 2 aromatic carbocycles. The lowest BCUT2D eigenvalue weighted by Crippen LogP contribution is -2.00. The molecule has 0 atom stereocenters. The van der Waals surface area contributed by atoms with E-state index < -0.39 is 0 Å². The summed E-state index contributed by atoms with van der Waals surface area (Å²) < 4.78 is 5.27. The molecule has 0 saturated heterocycles. The third-order valence-electron chi connectivity index (χ3n) is 3.41. The van der Waals surface area contributed by atoms with Gasteiger partial charge in [0.1, 0.15) is 5.75 Å². The normalized spacial score (nSPS) is 10.8. The summed E-state index contributed by atoms with van der Waals surface area (Å²) in [5.41, 5.74) is 10.8. The fourth-order valence-corrected chi connectivity index (χ4v) is 2.48. The monoisotopic (exact) mass is 269 g/mol. The van der Waals surface area contributed by atoms with Crippen LogP contribution in [0.4, 0.5) is 0 Å². The van der Waals surface area contributed by atoms with E-state index in [1.807, 2.05) is 12.1 Å². The Kier molecular flexibility index (Phi) is 4.80. The van der Waals surface area contributed by atoms with Crippen LogP contribution in [-0.2, 0) is 13.0 Å². The molecule has 2 heteroatoms. The van der Waals surface area contributed by atoms with Crippen molar-refractivity contribution in [2.24, 2.45) is 11.7 Å². The Balaban J connectivity index is 2.40. The number of benzene rings is 2. The number of rotatable bonds is 5. The molecule has 0 aliphatic heterocycles. The van der Waals surface area contributed by atoms with Gasteiger partial charge in [-0.25, -0.2) is 0 Å². The van der Waals surface area contributed by atoms with Crippen molar-refractivity contribution in [2.75, 3.05) is 7.11 Å². The molecule has 0 bridgehead atoms. The molecule has 2 nitrogen and oxygen atoms in total. The van der Waals surface area contributed by atoms with Crippen molar-refractivity contribution >= 4 is 0 Å². The fraction of sp³-hybridized carbons (Fsp3) is 0.333. The highest BCUT2D eigenvalue weighted by atomic mass is 16.5. The molecule has 2 N–H and O–H groups in total. The maximum Gasteiger partial charge on any atom is 0.119 e. The summed E-state index contributed by atoms with van der Waals surface area (Å²) in [4.78, 5) is 0. The molecule has 0 saturated carbocycles. The van der Waals surface area contributed by atoms with Crippen LogP contribution in [0.25, 0.3) is 11.1 Å². The van der Waals surface area contributed by atoms with E-state index in [0.29, 0.717) is 12.5 Å². The van der Waals surface area contributed by atoms with Gasteiger partial charge in [-0.1, -0.05) is 44.2 Å². The molecule has 0 aliphatic rings. The zero-order valence-corrected chi connectivity index (χ0v) is 12.5. The molecular formula is C18H23NO. The SMILES string of the molecule is COc1ccc(-c2cccc(CC(C)C)c2)c(CN)c1. The molecule has 106 valence electrons. The van der Waals surface area contributed by atoms with E-state index in [-0.39, 0.29) is 0 Å². The number of nitrogens with two attached hydrogens (primary N) is 1. The Morgan fingerprint density at radius 3 is 2.55 bits per heavy atom. The topological polar surface area (TPSA) is 35.2 Å². The van der Waals surface area contributed by atoms with Gasteiger partial charge in [0.05, 0.1) is 7.11 Å². The number of methoxy groups -OCH3 is 1. The van der Waals surface area contributed by atoms with Crippen LogP contribution in [0.3, 0.4) is 0 Å². The Morgan fingerprint density at radius 2 is 1.90 bits per heavy atom. The van der Waals surface area contributed by atoms with Gasteiger partial charge in [-0.05, 0) is 46.7 Å². The van der Waals surface area contributed by atoms with E-state index in [1.165, 1.54) is 16.7 Å². The Bertz CT molecular complexity index is 575. The van der Waals surface area contributed by atoms with Gasteiger partial charge in [-0.2, -0.15) is 0 Å². The molecule has 2 rings (SSSR count).